The molecule has 0 spiro atoms. The molecule has 0 atom stereocenters. The summed E-state index contributed by atoms with van der Waals surface area (Å²) < 4.78 is 2.01. The number of nitrogens with zero attached hydrogens (tertiary/aromatic N) is 4. The van der Waals surface area contributed by atoms with Crippen molar-refractivity contribution in [2.75, 3.05) is 0 Å². The van der Waals surface area contributed by atoms with Gasteiger partial charge in [0.05, 0.1) is 11.2 Å². The molecule has 0 unspecified atom stereocenters. The fourth-order valence-electron chi connectivity index (χ4n) is 3.60. The minimum Gasteiger partial charge on any atom is -0.305 e. The molecular weight excluding hydrogens is 459 g/mol. The molecule has 2 heterocycles. The largest absolute Gasteiger partial charge is 0.305 e. The van der Waals surface area contributed by atoms with Gasteiger partial charge in [-0.15, -0.1) is 10.2 Å². The number of fused-ring (bicyclic) bond motifs is 1. The number of hydrogen-bond acceptors (Lipinski definition) is 4. The summed E-state index contributed by atoms with van der Waals surface area (Å²) in [6.07, 6.45) is 0. The lowest BCUT2D eigenvalue weighted by Gasteiger charge is -2.10. The molecule has 0 amide bonds. The molecule has 32 heavy (non-hydrogen) atoms. The maximum Gasteiger partial charge on any atom is 0.191 e. The number of halogens is 2. The Bertz CT molecular complexity index is 1400. The van der Waals surface area contributed by atoms with Crippen molar-refractivity contribution in [3.8, 4) is 22.6 Å². The van der Waals surface area contributed by atoms with E-state index in [1.165, 1.54) is 0 Å². The standard InChI is InChI=1S/C25H18Cl2N4S/c1-31-24(29-30-25(31)32-15-19-20(26)11-7-12-21(19)27)18-14-23(16-8-3-2-4-9-16)28-22-13-6-5-10-17(18)22/h2-14H,15H2,1H3. The fraction of sp³-hybridized carbons (Fsp3) is 0.0800. The zero-order chi connectivity index (χ0) is 22.1. The Kier molecular flexibility index (Phi) is 5.87. The van der Waals surface area contributed by atoms with Gasteiger partial charge in [0.2, 0.25) is 0 Å². The Morgan fingerprint density at radius 1 is 0.844 bits per heavy atom. The van der Waals surface area contributed by atoms with Crippen molar-refractivity contribution < 1.29 is 0 Å². The van der Waals surface area contributed by atoms with E-state index < -0.39 is 0 Å². The highest BCUT2D eigenvalue weighted by Crippen LogP contribution is 2.34. The Morgan fingerprint density at radius 3 is 2.34 bits per heavy atom. The Balaban J connectivity index is 1.55. The van der Waals surface area contributed by atoms with Crippen LogP contribution >= 0.6 is 35.0 Å². The summed E-state index contributed by atoms with van der Waals surface area (Å²) in [5.74, 6) is 1.39. The third-order valence-electron chi connectivity index (χ3n) is 5.27. The number of aromatic nitrogens is 4. The van der Waals surface area contributed by atoms with Gasteiger partial charge in [-0.25, -0.2) is 4.98 Å². The summed E-state index contributed by atoms with van der Waals surface area (Å²) in [6, 6.07) is 25.9. The number of benzene rings is 3. The first-order chi connectivity index (χ1) is 15.6. The van der Waals surface area contributed by atoms with Gasteiger partial charge in [0, 0.05) is 39.4 Å². The van der Waals surface area contributed by atoms with Crippen LogP contribution in [-0.2, 0) is 12.8 Å². The van der Waals surface area contributed by atoms with Crippen LogP contribution in [0.3, 0.4) is 0 Å². The third-order valence-corrected chi connectivity index (χ3v) is 7.02. The monoisotopic (exact) mass is 476 g/mol. The first-order valence-corrected chi connectivity index (χ1v) is 11.8. The Labute approximate surface area is 200 Å². The average molecular weight is 477 g/mol. The van der Waals surface area contributed by atoms with Gasteiger partial charge in [-0.3, -0.25) is 0 Å². The molecule has 0 aliphatic carbocycles. The van der Waals surface area contributed by atoms with Gasteiger partial charge in [-0.05, 0) is 29.8 Å². The lowest BCUT2D eigenvalue weighted by Crippen LogP contribution is -1.97. The highest BCUT2D eigenvalue weighted by Gasteiger charge is 2.17. The summed E-state index contributed by atoms with van der Waals surface area (Å²) in [5.41, 5.74) is 4.77. The second kappa shape index (κ2) is 8.94. The first kappa shape index (κ1) is 21.0. The molecule has 0 fully saturated rings. The Morgan fingerprint density at radius 2 is 1.56 bits per heavy atom. The van der Waals surface area contributed by atoms with Crippen LogP contribution in [0.1, 0.15) is 5.56 Å². The molecule has 0 bridgehead atoms. The lowest BCUT2D eigenvalue weighted by atomic mass is 10.0. The van der Waals surface area contributed by atoms with Gasteiger partial charge >= 0.3 is 0 Å². The van der Waals surface area contributed by atoms with E-state index in [9.17, 15) is 0 Å². The topological polar surface area (TPSA) is 43.6 Å². The van der Waals surface area contributed by atoms with Crippen LogP contribution in [0, 0.1) is 0 Å². The second-order valence-corrected chi connectivity index (χ2v) is 9.05. The lowest BCUT2D eigenvalue weighted by molar-refractivity contribution is 0.794. The molecule has 0 saturated carbocycles. The van der Waals surface area contributed by atoms with Crippen molar-refractivity contribution in [1.82, 2.24) is 19.7 Å². The molecule has 5 rings (SSSR count). The number of para-hydroxylation sites is 1. The van der Waals surface area contributed by atoms with Crippen LogP contribution in [-0.4, -0.2) is 19.7 Å². The highest BCUT2D eigenvalue weighted by molar-refractivity contribution is 7.98. The SMILES string of the molecule is Cn1c(SCc2c(Cl)cccc2Cl)nnc1-c1cc(-c2ccccc2)nc2ccccc12. The summed E-state index contributed by atoms with van der Waals surface area (Å²) >= 11 is 14.2. The molecule has 0 N–H and O–H groups in total. The predicted octanol–water partition coefficient (Wildman–Crippen LogP) is 7.30. The zero-order valence-electron chi connectivity index (χ0n) is 17.2. The molecular formula is C25H18Cl2N4S. The van der Waals surface area contributed by atoms with E-state index in [1.807, 2.05) is 66.2 Å². The summed E-state index contributed by atoms with van der Waals surface area (Å²) in [4.78, 5) is 4.87. The van der Waals surface area contributed by atoms with E-state index in [0.717, 1.165) is 44.3 Å². The zero-order valence-corrected chi connectivity index (χ0v) is 19.5. The van der Waals surface area contributed by atoms with Gasteiger partial charge in [-0.2, -0.15) is 0 Å². The van der Waals surface area contributed by atoms with Gasteiger partial charge in [0.1, 0.15) is 0 Å². The van der Waals surface area contributed by atoms with Gasteiger partial charge in [-0.1, -0.05) is 89.6 Å². The van der Waals surface area contributed by atoms with Crippen molar-refractivity contribution in [3.05, 3.63) is 94.5 Å². The van der Waals surface area contributed by atoms with Crippen molar-refractivity contribution in [3.63, 3.8) is 0 Å². The van der Waals surface area contributed by atoms with Crippen molar-refractivity contribution in [1.29, 1.82) is 0 Å². The highest BCUT2D eigenvalue weighted by atomic mass is 35.5. The molecule has 2 aromatic heterocycles. The maximum atomic E-state index is 6.33. The smallest absolute Gasteiger partial charge is 0.191 e. The normalized spacial score (nSPS) is 11.2. The molecule has 0 aliphatic rings. The summed E-state index contributed by atoms with van der Waals surface area (Å²) in [7, 11) is 1.98. The van der Waals surface area contributed by atoms with Crippen LogP contribution in [0.15, 0.2) is 84.0 Å². The molecule has 0 saturated heterocycles. The molecule has 5 aromatic rings. The third kappa shape index (κ3) is 3.99. The predicted molar refractivity (Wildman–Crippen MR) is 133 cm³/mol. The van der Waals surface area contributed by atoms with Crippen LogP contribution in [0.25, 0.3) is 33.5 Å². The van der Waals surface area contributed by atoms with Gasteiger partial charge < -0.3 is 4.57 Å². The number of thioether (sulfide) groups is 1. The van der Waals surface area contributed by atoms with Crippen molar-refractivity contribution in [2.45, 2.75) is 10.9 Å². The van der Waals surface area contributed by atoms with E-state index in [2.05, 4.69) is 34.5 Å². The molecule has 0 aliphatic heterocycles. The molecule has 0 radical (unpaired) electrons. The van der Waals surface area contributed by atoms with Crippen molar-refractivity contribution in [2.24, 2.45) is 7.05 Å². The molecule has 4 nitrogen and oxygen atoms in total. The van der Waals surface area contributed by atoms with Crippen LogP contribution in [0.5, 0.6) is 0 Å². The van der Waals surface area contributed by atoms with Gasteiger partial charge in [0.25, 0.3) is 0 Å². The fourth-order valence-corrected chi connectivity index (χ4v) is 5.25. The number of pyridine rings is 1. The van der Waals surface area contributed by atoms with Crippen LogP contribution in [0.2, 0.25) is 10.0 Å². The summed E-state index contributed by atoms with van der Waals surface area (Å²) in [5, 5.41) is 12.1. The minimum absolute atomic E-state index is 0.608. The van der Waals surface area contributed by atoms with E-state index in [0.29, 0.717) is 15.8 Å². The van der Waals surface area contributed by atoms with E-state index >= 15 is 0 Å². The first-order valence-electron chi connectivity index (χ1n) is 10.0. The molecule has 7 heteroatoms. The minimum atomic E-state index is 0.608. The quantitative estimate of drug-likeness (QED) is 0.249. The van der Waals surface area contributed by atoms with E-state index in [1.54, 1.807) is 11.8 Å². The van der Waals surface area contributed by atoms with E-state index in [4.69, 9.17) is 28.2 Å². The number of hydrogen-bond donors (Lipinski definition) is 0. The van der Waals surface area contributed by atoms with Crippen molar-refractivity contribution >= 4 is 45.9 Å². The number of rotatable bonds is 5. The molecule has 3 aromatic carbocycles. The van der Waals surface area contributed by atoms with E-state index in [-0.39, 0.29) is 0 Å². The maximum absolute atomic E-state index is 6.33. The Hall–Kier alpha value is -2.86. The van der Waals surface area contributed by atoms with Gasteiger partial charge in [0.15, 0.2) is 11.0 Å². The van der Waals surface area contributed by atoms with Crippen LogP contribution < -0.4 is 0 Å². The second-order valence-electron chi connectivity index (χ2n) is 7.29. The molecule has 158 valence electrons. The summed E-state index contributed by atoms with van der Waals surface area (Å²) in [6.45, 7) is 0. The average Bonchev–Trinajstić information content (AvgIpc) is 3.18. The van der Waals surface area contributed by atoms with Crippen LogP contribution in [0.4, 0.5) is 0 Å².